The summed E-state index contributed by atoms with van der Waals surface area (Å²) >= 11 is 0. The molecule has 1 heterocycles. The fourth-order valence-corrected chi connectivity index (χ4v) is 2.52. The van der Waals surface area contributed by atoms with Gasteiger partial charge in [-0.1, -0.05) is 0 Å². The SMILES string of the molecule is CCOc1ccc(NC2CCN(C)C(C)C2)cc1F. The number of hydrogen-bond acceptors (Lipinski definition) is 3. The summed E-state index contributed by atoms with van der Waals surface area (Å²) in [6.07, 6.45) is 2.18. The number of nitrogens with zero attached hydrogens (tertiary/aromatic N) is 1. The van der Waals surface area contributed by atoms with Crippen molar-refractivity contribution in [2.75, 3.05) is 25.5 Å². The molecule has 106 valence electrons. The summed E-state index contributed by atoms with van der Waals surface area (Å²) in [7, 11) is 2.15. The van der Waals surface area contributed by atoms with Crippen molar-refractivity contribution in [1.82, 2.24) is 4.90 Å². The molecule has 2 rings (SSSR count). The molecule has 1 aliphatic rings. The lowest BCUT2D eigenvalue weighted by molar-refractivity contribution is 0.190. The van der Waals surface area contributed by atoms with Crippen LogP contribution < -0.4 is 10.1 Å². The van der Waals surface area contributed by atoms with Gasteiger partial charge in [0.25, 0.3) is 0 Å². The first kappa shape index (κ1) is 14.1. The van der Waals surface area contributed by atoms with Crippen LogP contribution in [0.3, 0.4) is 0 Å². The third-order valence-corrected chi connectivity index (χ3v) is 3.81. The largest absolute Gasteiger partial charge is 0.491 e. The molecule has 1 fully saturated rings. The van der Waals surface area contributed by atoms with Crippen LogP contribution in [0.25, 0.3) is 0 Å². The lowest BCUT2D eigenvalue weighted by atomic mass is 9.98. The minimum Gasteiger partial charge on any atom is -0.491 e. The molecule has 2 atom stereocenters. The van der Waals surface area contributed by atoms with E-state index in [0.29, 0.717) is 24.4 Å². The van der Waals surface area contributed by atoms with Crippen LogP contribution in [0.15, 0.2) is 18.2 Å². The van der Waals surface area contributed by atoms with Crippen molar-refractivity contribution in [3.8, 4) is 5.75 Å². The van der Waals surface area contributed by atoms with Crippen molar-refractivity contribution in [2.45, 2.75) is 38.8 Å². The summed E-state index contributed by atoms with van der Waals surface area (Å²) < 4.78 is 19.0. The van der Waals surface area contributed by atoms with E-state index in [1.54, 1.807) is 6.07 Å². The van der Waals surface area contributed by atoms with E-state index in [-0.39, 0.29) is 5.82 Å². The van der Waals surface area contributed by atoms with Crippen molar-refractivity contribution < 1.29 is 9.13 Å². The first-order valence-corrected chi connectivity index (χ1v) is 6.99. The number of benzene rings is 1. The van der Waals surface area contributed by atoms with E-state index >= 15 is 0 Å². The third kappa shape index (κ3) is 3.60. The highest BCUT2D eigenvalue weighted by Gasteiger charge is 2.22. The fraction of sp³-hybridized carbons (Fsp3) is 0.600. The van der Waals surface area contributed by atoms with E-state index in [0.717, 1.165) is 25.1 Å². The molecule has 0 bridgehead atoms. The highest BCUT2D eigenvalue weighted by molar-refractivity contribution is 5.48. The van der Waals surface area contributed by atoms with Gasteiger partial charge in [-0.15, -0.1) is 0 Å². The zero-order chi connectivity index (χ0) is 13.8. The summed E-state index contributed by atoms with van der Waals surface area (Å²) in [4.78, 5) is 2.36. The highest BCUT2D eigenvalue weighted by Crippen LogP contribution is 2.24. The van der Waals surface area contributed by atoms with Crippen molar-refractivity contribution >= 4 is 5.69 Å². The van der Waals surface area contributed by atoms with Gasteiger partial charge in [-0.2, -0.15) is 0 Å². The quantitative estimate of drug-likeness (QED) is 0.906. The van der Waals surface area contributed by atoms with Crippen molar-refractivity contribution in [1.29, 1.82) is 0 Å². The second kappa shape index (κ2) is 6.24. The Morgan fingerprint density at radius 1 is 1.47 bits per heavy atom. The molecule has 0 radical (unpaired) electrons. The molecule has 2 unspecified atom stereocenters. The Kier molecular flexibility index (Phi) is 4.64. The van der Waals surface area contributed by atoms with Gasteiger partial charge in [0.1, 0.15) is 0 Å². The maximum absolute atomic E-state index is 13.8. The third-order valence-electron chi connectivity index (χ3n) is 3.81. The molecule has 1 aliphatic heterocycles. The van der Waals surface area contributed by atoms with Gasteiger partial charge in [0.15, 0.2) is 11.6 Å². The molecule has 1 N–H and O–H groups in total. The Labute approximate surface area is 114 Å². The summed E-state index contributed by atoms with van der Waals surface area (Å²) in [6, 6.07) is 6.09. The molecular weight excluding hydrogens is 243 g/mol. The van der Waals surface area contributed by atoms with Gasteiger partial charge in [0, 0.05) is 30.4 Å². The number of rotatable bonds is 4. The summed E-state index contributed by atoms with van der Waals surface area (Å²) in [6.45, 7) is 5.65. The van der Waals surface area contributed by atoms with Gasteiger partial charge in [-0.25, -0.2) is 4.39 Å². The average molecular weight is 266 g/mol. The average Bonchev–Trinajstić information content (AvgIpc) is 2.37. The minimum absolute atomic E-state index is 0.298. The fourth-order valence-electron chi connectivity index (χ4n) is 2.52. The molecule has 0 spiro atoms. The number of ether oxygens (including phenoxy) is 1. The Balaban J connectivity index is 1.98. The molecule has 0 amide bonds. The van der Waals surface area contributed by atoms with Crippen LogP contribution in [-0.4, -0.2) is 37.2 Å². The number of nitrogens with one attached hydrogen (secondary N) is 1. The second-order valence-electron chi connectivity index (χ2n) is 5.27. The van der Waals surface area contributed by atoms with Gasteiger partial charge >= 0.3 is 0 Å². The van der Waals surface area contributed by atoms with E-state index in [9.17, 15) is 4.39 Å². The van der Waals surface area contributed by atoms with Crippen LogP contribution in [0.1, 0.15) is 26.7 Å². The zero-order valence-electron chi connectivity index (χ0n) is 11.9. The molecule has 0 saturated carbocycles. The smallest absolute Gasteiger partial charge is 0.167 e. The van der Waals surface area contributed by atoms with Crippen molar-refractivity contribution in [2.24, 2.45) is 0 Å². The summed E-state index contributed by atoms with van der Waals surface area (Å²) in [5.41, 5.74) is 0.836. The first-order chi connectivity index (χ1) is 9.10. The second-order valence-corrected chi connectivity index (χ2v) is 5.27. The minimum atomic E-state index is -0.298. The molecule has 0 aromatic heterocycles. The zero-order valence-corrected chi connectivity index (χ0v) is 11.9. The molecule has 1 aromatic carbocycles. The molecule has 0 aliphatic carbocycles. The molecule has 1 aromatic rings. The van der Waals surface area contributed by atoms with E-state index in [1.807, 2.05) is 13.0 Å². The normalized spacial score (nSPS) is 24.2. The highest BCUT2D eigenvalue weighted by atomic mass is 19.1. The van der Waals surface area contributed by atoms with Crippen LogP contribution in [0.4, 0.5) is 10.1 Å². The first-order valence-electron chi connectivity index (χ1n) is 6.99. The van der Waals surface area contributed by atoms with Crippen molar-refractivity contribution in [3.05, 3.63) is 24.0 Å². The van der Waals surface area contributed by atoms with E-state index in [1.165, 1.54) is 6.07 Å². The van der Waals surface area contributed by atoms with E-state index in [2.05, 4.69) is 24.2 Å². The van der Waals surface area contributed by atoms with Gasteiger partial charge in [-0.05, 0) is 45.9 Å². The van der Waals surface area contributed by atoms with Crippen LogP contribution in [0, 0.1) is 5.82 Å². The number of halogens is 1. The number of likely N-dealkylation sites (tertiary alicyclic amines) is 1. The van der Waals surface area contributed by atoms with Gasteiger partial charge < -0.3 is 15.0 Å². The lowest BCUT2D eigenvalue weighted by Gasteiger charge is -2.35. The Morgan fingerprint density at radius 3 is 2.89 bits per heavy atom. The number of anilines is 1. The Hall–Kier alpha value is -1.29. The van der Waals surface area contributed by atoms with Crippen LogP contribution >= 0.6 is 0 Å². The topological polar surface area (TPSA) is 24.5 Å². The molecule has 19 heavy (non-hydrogen) atoms. The van der Waals surface area contributed by atoms with Gasteiger partial charge in [-0.3, -0.25) is 0 Å². The summed E-state index contributed by atoms with van der Waals surface area (Å²) in [5, 5.41) is 3.42. The van der Waals surface area contributed by atoms with Gasteiger partial charge in [0.05, 0.1) is 6.61 Å². The molecule has 4 heteroatoms. The number of piperidine rings is 1. The predicted molar refractivity (Wildman–Crippen MR) is 76.3 cm³/mol. The maximum atomic E-state index is 13.8. The lowest BCUT2D eigenvalue weighted by Crippen LogP contribution is -2.42. The maximum Gasteiger partial charge on any atom is 0.167 e. The van der Waals surface area contributed by atoms with Crippen molar-refractivity contribution in [3.63, 3.8) is 0 Å². The van der Waals surface area contributed by atoms with E-state index in [4.69, 9.17) is 4.74 Å². The number of hydrogen-bond donors (Lipinski definition) is 1. The Bertz CT molecular complexity index is 425. The predicted octanol–water partition coefficient (Wildman–Crippen LogP) is 3.12. The van der Waals surface area contributed by atoms with Crippen LogP contribution in [0.2, 0.25) is 0 Å². The van der Waals surface area contributed by atoms with Crippen LogP contribution in [0.5, 0.6) is 5.75 Å². The Morgan fingerprint density at radius 2 is 2.26 bits per heavy atom. The monoisotopic (exact) mass is 266 g/mol. The van der Waals surface area contributed by atoms with Crippen LogP contribution in [-0.2, 0) is 0 Å². The van der Waals surface area contributed by atoms with Gasteiger partial charge in [0.2, 0.25) is 0 Å². The molecule has 3 nitrogen and oxygen atoms in total. The molecule has 1 saturated heterocycles. The summed E-state index contributed by atoms with van der Waals surface area (Å²) in [5.74, 6) is 0.0256. The van der Waals surface area contributed by atoms with E-state index < -0.39 is 0 Å². The molecular formula is C15H23FN2O. The standard InChI is InChI=1S/C15H23FN2O/c1-4-19-15-6-5-12(10-14(15)16)17-13-7-8-18(3)11(2)9-13/h5-6,10-11,13,17H,4,7-9H2,1-3H3.